The van der Waals surface area contributed by atoms with E-state index in [-0.39, 0.29) is 0 Å². The van der Waals surface area contributed by atoms with Gasteiger partial charge in [0.05, 0.1) is 19.3 Å². The monoisotopic (exact) mass is 159 g/mol. The van der Waals surface area contributed by atoms with E-state index in [1.165, 1.54) is 0 Å². The average Bonchev–Trinajstić information content (AvgIpc) is 2.37. The molecule has 0 spiro atoms. The van der Waals surface area contributed by atoms with Crippen LogP contribution >= 0.6 is 0 Å². The standard InChI is InChI=1S/C8H17NO2/c1-10-4-5-11-8-3-2-7(9)6-8/h7-8H,2-6,9H2,1H3/t7-,8-/m1/s1. The van der Waals surface area contributed by atoms with Gasteiger partial charge in [0.1, 0.15) is 0 Å². The molecule has 1 aliphatic rings. The SMILES string of the molecule is COCCO[C@@H]1CC[C@@H](N)C1. The van der Waals surface area contributed by atoms with Crippen molar-refractivity contribution in [3.63, 3.8) is 0 Å². The van der Waals surface area contributed by atoms with Gasteiger partial charge in [-0.25, -0.2) is 0 Å². The Morgan fingerprint density at radius 3 is 2.73 bits per heavy atom. The normalized spacial score (nSPS) is 31.1. The molecule has 0 aliphatic heterocycles. The van der Waals surface area contributed by atoms with Crippen molar-refractivity contribution in [2.75, 3.05) is 20.3 Å². The summed E-state index contributed by atoms with van der Waals surface area (Å²) < 4.78 is 10.4. The number of rotatable bonds is 4. The zero-order chi connectivity index (χ0) is 8.10. The first-order chi connectivity index (χ1) is 5.33. The second-order valence-corrected chi connectivity index (χ2v) is 3.06. The Morgan fingerprint density at radius 2 is 2.18 bits per heavy atom. The molecule has 3 heteroatoms. The highest BCUT2D eigenvalue weighted by Gasteiger charge is 2.21. The smallest absolute Gasteiger partial charge is 0.0704 e. The molecule has 2 N–H and O–H groups in total. The van der Waals surface area contributed by atoms with E-state index in [4.69, 9.17) is 15.2 Å². The van der Waals surface area contributed by atoms with Crippen molar-refractivity contribution >= 4 is 0 Å². The van der Waals surface area contributed by atoms with Gasteiger partial charge < -0.3 is 15.2 Å². The van der Waals surface area contributed by atoms with Gasteiger partial charge in [-0.1, -0.05) is 0 Å². The fourth-order valence-electron chi connectivity index (χ4n) is 1.42. The Morgan fingerprint density at radius 1 is 1.36 bits per heavy atom. The summed E-state index contributed by atoms with van der Waals surface area (Å²) in [4.78, 5) is 0. The van der Waals surface area contributed by atoms with Crippen LogP contribution < -0.4 is 5.73 Å². The van der Waals surface area contributed by atoms with Crippen LogP contribution in [0.15, 0.2) is 0 Å². The van der Waals surface area contributed by atoms with E-state index in [2.05, 4.69) is 0 Å². The minimum Gasteiger partial charge on any atom is -0.382 e. The predicted octanol–water partition coefficient (Wildman–Crippen LogP) is 0.529. The lowest BCUT2D eigenvalue weighted by molar-refractivity contribution is 0.0205. The summed E-state index contributed by atoms with van der Waals surface area (Å²) in [7, 11) is 1.68. The highest BCUT2D eigenvalue weighted by Crippen LogP contribution is 2.19. The average molecular weight is 159 g/mol. The maximum atomic E-state index is 5.72. The molecular formula is C8H17NO2. The zero-order valence-corrected chi connectivity index (χ0v) is 7.08. The van der Waals surface area contributed by atoms with E-state index in [0.717, 1.165) is 19.3 Å². The van der Waals surface area contributed by atoms with Crippen LogP contribution in [0.1, 0.15) is 19.3 Å². The lowest BCUT2D eigenvalue weighted by atomic mass is 10.3. The Balaban J connectivity index is 1.99. The van der Waals surface area contributed by atoms with Gasteiger partial charge >= 0.3 is 0 Å². The Bertz CT molecular complexity index is 108. The van der Waals surface area contributed by atoms with E-state index < -0.39 is 0 Å². The molecule has 0 amide bonds. The summed E-state index contributed by atoms with van der Waals surface area (Å²) in [5.41, 5.74) is 5.72. The quantitative estimate of drug-likeness (QED) is 0.608. The molecule has 0 aromatic rings. The highest BCUT2D eigenvalue weighted by molar-refractivity contribution is 4.77. The Kier molecular flexibility index (Phi) is 3.83. The molecule has 2 atom stereocenters. The van der Waals surface area contributed by atoms with E-state index in [1.54, 1.807) is 7.11 Å². The molecule has 0 unspecified atom stereocenters. The molecule has 1 saturated carbocycles. The molecule has 0 aromatic carbocycles. The fraction of sp³-hybridized carbons (Fsp3) is 1.00. The van der Waals surface area contributed by atoms with E-state index >= 15 is 0 Å². The van der Waals surface area contributed by atoms with E-state index in [9.17, 15) is 0 Å². The fourth-order valence-corrected chi connectivity index (χ4v) is 1.42. The Labute approximate surface area is 67.9 Å². The number of hydrogen-bond donors (Lipinski definition) is 1. The molecule has 3 nitrogen and oxygen atoms in total. The third kappa shape index (κ3) is 3.18. The van der Waals surface area contributed by atoms with Crippen LogP contribution in [-0.4, -0.2) is 32.5 Å². The topological polar surface area (TPSA) is 44.5 Å². The molecule has 66 valence electrons. The van der Waals surface area contributed by atoms with Crippen molar-refractivity contribution < 1.29 is 9.47 Å². The van der Waals surface area contributed by atoms with Crippen molar-refractivity contribution in [3.8, 4) is 0 Å². The molecule has 0 radical (unpaired) electrons. The number of methoxy groups -OCH3 is 1. The second-order valence-electron chi connectivity index (χ2n) is 3.06. The minimum absolute atomic E-state index is 0.363. The van der Waals surface area contributed by atoms with E-state index in [1.807, 2.05) is 0 Å². The molecule has 0 bridgehead atoms. The summed E-state index contributed by atoms with van der Waals surface area (Å²) >= 11 is 0. The number of ether oxygens (including phenoxy) is 2. The van der Waals surface area contributed by atoms with Gasteiger partial charge in [-0.05, 0) is 19.3 Å². The molecule has 0 heterocycles. The molecule has 11 heavy (non-hydrogen) atoms. The van der Waals surface area contributed by atoms with Gasteiger partial charge in [0, 0.05) is 13.2 Å². The molecule has 0 aromatic heterocycles. The first-order valence-electron chi connectivity index (χ1n) is 4.19. The predicted molar refractivity (Wildman–Crippen MR) is 43.4 cm³/mol. The van der Waals surface area contributed by atoms with E-state index in [0.29, 0.717) is 25.4 Å². The maximum absolute atomic E-state index is 5.72. The van der Waals surface area contributed by atoms with Crippen LogP contribution in [0.4, 0.5) is 0 Å². The van der Waals surface area contributed by atoms with Gasteiger partial charge in [-0.2, -0.15) is 0 Å². The third-order valence-corrected chi connectivity index (χ3v) is 2.07. The summed E-state index contributed by atoms with van der Waals surface area (Å²) in [6.07, 6.45) is 3.63. The van der Waals surface area contributed by atoms with Gasteiger partial charge in [-0.15, -0.1) is 0 Å². The molecule has 1 rings (SSSR count). The number of hydrogen-bond acceptors (Lipinski definition) is 3. The maximum Gasteiger partial charge on any atom is 0.0704 e. The second kappa shape index (κ2) is 4.70. The molecule has 1 fully saturated rings. The highest BCUT2D eigenvalue weighted by atomic mass is 16.5. The number of nitrogens with two attached hydrogens (primary N) is 1. The van der Waals surface area contributed by atoms with Crippen molar-refractivity contribution in [1.82, 2.24) is 0 Å². The van der Waals surface area contributed by atoms with Crippen molar-refractivity contribution in [2.24, 2.45) is 5.73 Å². The van der Waals surface area contributed by atoms with Crippen molar-refractivity contribution in [3.05, 3.63) is 0 Å². The lowest BCUT2D eigenvalue weighted by Crippen LogP contribution is -2.18. The third-order valence-electron chi connectivity index (χ3n) is 2.07. The molecular weight excluding hydrogens is 142 g/mol. The summed E-state index contributed by atoms with van der Waals surface area (Å²) in [6.45, 7) is 1.39. The summed E-state index contributed by atoms with van der Waals surface area (Å²) in [5, 5.41) is 0. The molecule has 1 aliphatic carbocycles. The Hall–Kier alpha value is -0.120. The first kappa shape index (κ1) is 8.97. The van der Waals surface area contributed by atoms with Crippen molar-refractivity contribution in [1.29, 1.82) is 0 Å². The van der Waals surface area contributed by atoms with Crippen LogP contribution in [0.3, 0.4) is 0 Å². The first-order valence-corrected chi connectivity index (χ1v) is 4.19. The minimum atomic E-state index is 0.363. The van der Waals surface area contributed by atoms with Crippen LogP contribution in [0.25, 0.3) is 0 Å². The van der Waals surface area contributed by atoms with Crippen molar-refractivity contribution in [2.45, 2.75) is 31.4 Å². The summed E-state index contributed by atoms with van der Waals surface area (Å²) in [6, 6.07) is 0.363. The van der Waals surface area contributed by atoms with Gasteiger partial charge in [0.25, 0.3) is 0 Å². The van der Waals surface area contributed by atoms with Crippen LogP contribution in [0.2, 0.25) is 0 Å². The van der Waals surface area contributed by atoms with Gasteiger partial charge in [0.15, 0.2) is 0 Å². The lowest BCUT2D eigenvalue weighted by Gasteiger charge is -2.10. The van der Waals surface area contributed by atoms with Gasteiger partial charge in [-0.3, -0.25) is 0 Å². The van der Waals surface area contributed by atoms with Crippen LogP contribution in [0, 0.1) is 0 Å². The summed E-state index contributed by atoms with van der Waals surface area (Å²) in [5.74, 6) is 0. The van der Waals surface area contributed by atoms with Gasteiger partial charge in [0.2, 0.25) is 0 Å². The molecule has 0 saturated heterocycles. The van der Waals surface area contributed by atoms with Crippen LogP contribution in [0.5, 0.6) is 0 Å². The zero-order valence-electron chi connectivity index (χ0n) is 7.08. The van der Waals surface area contributed by atoms with Crippen LogP contribution in [-0.2, 0) is 9.47 Å². The largest absolute Gasteiger partial charge is 0.382 e.